The summed E-state index contributed by atoms with van der Waals surface area (Å²) in [7, 11) is -5.90. The number of nitrogen functional groups attached to an aromatic ring is 1. The molecule has 0 atom stereocenters. The maximum atomic E-state index is 10.3. The number of nitrogens with zero attached hydrogens (tertiary/aromatic N) is 1. The van der Waals surface area contributed by atoms with Crippen molar-refractivity contribution in [2.24, 2.45) is 0 Å². The van der Waals surface area contributed by atoms with Gasteiger partial charge in [-0.15, -0.1) is 0 Å². The molecule has 0 saturated heterocycles. The number of rotatable bonds is 1. The van der Waals surface area contributed by atoms with Crippen molar-refractivity contribution >= 4 is 141 Å². The number of nitro groups is 1. The van der Waals surface area contributed by atoms with Crippen molar-refractivity contribution in [1.82, 2.24) is 0 Å². The average Bonchev–Trinajstić information content (AvgIpc) is 2.65. The van der Waals surface area contributed by atoms with E-state index < -0.39 is 23.5 Å². The van der Waals surface area contributed by atoms with Crippen LogP contribution < -0.4 is 5.73 Å². The first kappa shape index (κ1) is 32.3. The minimum absolute atomic E-state index is 0.00148. The summed E-state index contributed by atoms with van der Waals surface area (Å²) in [5.41, 5.74) is 6.09. The van der Waals surface area contributed by atoms with Gasteiger partial charge in [-0.1, -0.05) is 0 Å². The fourth-order valence-corrected chi connectivity index (χ4v) is 3.46. The van der Waals surface area contributed by atoms with Gasteiger partial charge in [0.25, 0.3) is 5.69 Å². The summed E-state index contributed by atoms with van der Waals surface area (Å²) in [6.45, 7) is 0. The molecule has 0 amide bonds. The van der Waals surface area contributed by atoms with Crippen molar-refractivity contribution in [3.05, 3.63) is 51.2 Å². The minimum atomic E-state index is -2.95. The number of benzene rings is 2. The number of phenols is 2. The fraction of sp³-hybridized carbons (Fsp3) is 0. The van der Waals surface area contributed by atoms with Crippen molar-refractivity contribution in [1.29, 1.82) is 0 Å². The van der Waals surface area contributed by atoms with E-state index in [1.807, 2.05) is 67.8 Å². The average molecular weight is 800 g/mol. The zero-order chi connectivity index (χ0) is 23.3. The number of aromatic hydroxyl groups is 2. The Morgan fingerprint density at radius 2 is 1.31 bits per heavy atom. The normalized spacial score (nSPS) is 8.79. The third-order valence-corrected chi connectivity index (χ3v) is 5.69. The number of phenolic OH excluding ortho intramolecular Hbond substituents is 2. The summed E-state index contributed by atoms with van der Waals surface area (Å²) in [6, 6.07) is 7.63. The number of hydrogen-bond donors (Lipinski definition) is 3. The van der Waals surface area contributed by atoms with Gasteiger partial charge in [-0.2, -0.15) is 16.8 Å². The van der Waals surface area contributed by atoms with Crippen LogP contribution >= 0.6 is 67.8 Å². The Hall–Kier alpha value is 1.07. The van der Waals surface area contributed by atoms with Crippen molar-refractivity contribution in [2.45, 2.75) is 0 Å². The first-order valence-electron chi connectivity index (χ1n) is 7.12. The SMILES string of the molecule is Nc1ccc(O)c(I)c1.O=S(=O)=S(=O)=O.O=[N+]([O-])c1cc(I)c(O)c(I)c1.[Na][Na]. The van der Waals surface area contributed by atoms with E-state index in [0.717, 1.165) is 3.57 Å². The third-order valence-electron chi connectivity index (χ3n) is 2.30. The van der Waals surface area contributed by atoms with Crippen LogP contribution in [-0.2, 0) is 18.5 Å². The van der Waals surface area contributed by atoms with Gasteiger partial charge in [0.1, 0.15) is 11.5 Å². The Balaban J connectivity index is 0. The number of hydrogen-bond acceptors (Lipinski definition) is 9. The molecular formula is C12H9I3N2Na2O8S2. The van der Waals surface area contributed by atoms with Gasteiger partial charge in [-0.05, 0) is 86.0 Å². The van der Waals surface area contributed by atoms with Crippen molar-refractivity contribution in [3.63, 3.8) is 0 Å². The molecule has 0 radical (unpaired) electrons. The van der Waals surface area contributed by atoms with Crippen LogP contribution in [0, 0.1) is 20.8 Å². The molecule has 0 unspecified atom stereocenters. The second kappa shape index (κ2) is 17.6. The van der Waals surface area contributed by atoms with Crippen LogP contribution in [0.5, 0.6) is 11.5 Å². The molecule has 0 aromatic heterocycles. The van der Waals surface area contributed by atoms with E-state index in [-0.39, 0.29) is 17.2 Å². The summed E-state index contributed by atoms with van der Waals surface area (Å²) in [5, 5.41) is 28.6. The third kappa shape index (κ3) is 14.7. The van der Waals surface area contributed by atoms with Crippen molar-refractivity contribution < 1.29 is 32.0 Å². The van der Waals surface area contributed by atoms with E-state index >= 15 is 0 Å². The predicted octanol–water partition coefficient (Wildman–Crippen LogP) is 1.99. The van der Waals surface area contributed by atoms with Crippen molar-refractivity contribution in [3.8, 4) is 11.5 Å². The molecule has 10 nitrogen and oxygen atoms in total. The van der Waals surface area contributed by atoms with E-state index in [4.69, 9.17) is 27.7 Å². The topological polar surface area (TPSA) is 178 Å². The van der Waals surface area contributed by atoms with Crippen LogP contribution in [0.15, 0.2) is 30.3 Å². The van der Waals surface area contributed by atoms with Gasteiger partial charge in [0.2, 0.25) is 0 Å². The molecule has 4 N–H and O–H groups in total. The summed E-state index contributed by atoms with van der Waals surface area (Å²) in [4.78, 5) is 9.85. The van der Waals surface area contributed by atoms with Gasteiger partial charge in [0.15, 0.2) is 0 Å². The molecule has 150 valence electrons. The second-order valence-corrected chi connectivity index (χ2v) is 10.1. The Kier molecular flexibility index (Phi) is 19.6. The van der Waals surface area contributed by atoms with Gasteiger partial charge in [-0.3, -0.25) is 10.1 Å². The summed E-state index contributed by atoms with van der Waals surface area (Å²) in [5.74, 6) is 0.381. The predicted molar refractivity (Wildman–Crippen MR) is 135 cm³/mol. The fourth-order valence-electron chi connectivity index (χ4n) is 1.18. The molecular weight excluding hydrogens is 791 g/mol. The Morgan fingerprint density at radius 3 is 1.59 bits per heavy atom. The molecule has 0 aliphatic rings. The standard InChI is InChI=1S/C6H3I2NO3.C6H6INO.2Na.O4S2/c7-4-1-3(9(11)12)2-5(8)6(4)10;7-5-3-4(8)1-2-6(5)9;;;1-5(2)6(3)4/h1-2,10H;1-3,9H,8H2;;;. The summed E-state index contributed by atoms with van der Waals surface area (Å²) in [6.07, 6.45) is 0. The Morgan fingerprint density at radius 1 is 0.897 bits per heavy atom. The number of non-ortho nitro benzene ring substituents is 1. The van der Waals surface area contributed by atoms with Crippen LogP contribution in [-0.4, -0.2) is 75.6 Å². The molecule has 0 aliphatic carbocycles. The van der Waals surface area contributed by atoms with E-state index in [1.54, 1.807) is 18.2 Å². The number of anilines is 1. The molecule has 17 heteroatoms. The Bertz CT molecular complexity index is 1030. The van der Waals surface area contributed by atoms with Gasteiger partial charge >= 0.3 is 62.1 Å². The maximum absolute atomic E-state index is 10.3. The van der Waals surface area contributed by atoms with Gasteiger partial charge in [0.05, 0.1) is 15.6 Å². The molecule has 0 fully saturated rings. The molecule has 2 aromatic rings. The van der Waals surface area contributed by atoms with Crippen LogP contribution in [0.4, 0.5) is 11.4 Å². The van der Waals surface area contributed by atoms with Gasteiger partial charge in [-0.25, -0.2) is 0 Å². The van der Waals surface area contributed by atoms with Crippen LogP contribution in [0.3, 0.4) is 0 Å². The van der Waals surface area contributed by atoms with Crippen LogP contribution in [0.1, 0.15) is 0 Å². The molecule has 29 heavy (non-hydrogen) atoms. The monoisotopic (exact) mass is 800 g/mol. The summed E-state index contributed by atoms with van der Waals surface area (Å²) < 4.78 is 38.1. The first-order chi connectivity index (χ1) is 13.4. The van der Waals surface area contributed by atoms with Gasteiger partial charge in [0, 0.05) is 17.8 Å². The molecule has 0 saturated carbocycles. The van der Waals surface area contributed by atoms with Crippen LogP contribution in [0.25, 0.3) is 0 Å². The number of nitro benzene ring substituents is 1. The molecule has 2 aromatic carbocycles. The zero-order valence-electron chi connectivity index (χ0n) is 14.7. The molecule has 0 aliphatic heterocycles. The van der Waals surface area contributed by atoms with Gasteiger partial charge < -0.3 is 15.9 Å². The van der Waals surface area contributed by atoms with E-state index in [1.165, 1.54) is 55.8 Å². The number of nitrogens with two attached hydrogens (primary N) is 1. The van der Waals surface area contributed by atoms with E-state index in [2.05, 4.69) is 0 Å². The molecule has 0 heterocycles. The molecule has 0 spiro atoms. The van der Waals surface area contributed by atoms with E-state index in [9.17, 15) is 15.2 Å². The molecule has 0 bridgehead atoms. The Labute approximate surface area is 237 Å². The quantitative estimate of drug-likeness (QED) is 0.0973. The second-order valence-electron chi connectivity index (χ2n) is 4.13. The van der Waals surface area contributed by atoms with E-state index in [0.29, 0.717) is 12.8 Å². The van der Waals surface area contributed by atoms with Crippen molar-refractivity contribution in [2.75, 3.05) is 5.73 Å². The first-order valence-corrected chi connectivity index (χ1v) is 21.0. The molecule has 2 rings (SSSR count). The summed E-state index contributed by atoms with van der Waals surface area (Å²) >= 11 is 8.61. The van der Waals surface area contributed by atoms with Crippen LogP contribution in [0.2, 0.25) is 0 Å². The number of halogens is 3. The zero-order valence-corrected chi connectivity index (χ0v) is 26.8.